The predicted octanol–water partition coefficient (Wildman–Crippen LogP) is 5.04. The lowest BCUT2D eigenvalue weighted by molar-refractivity contribution is -0.274. The van der Waals surface area contributed by atoms with Crippen LogP contribution in [0, 0.1) is 11.8 Å². The van der Waals surface area contributed by atoms with E-state index < -0.39 is 6.36 Å². The van der Waals surface area contributed by atoms with E-state index in [0.717, 1.165) is 24.1 Å². The molecule has 2 heterocycles. The van der Waals surface area contributed by atoms with Crippen LogP contribution in [0.2, 0.25) is 0 Å². The number of hydrogen-bond acceptors (Lipinski definition) is 3. The fraction of sp³-hybridized carbons (Fsp3) is 0.667. The molecule has 0 aromatic heterocycles. The maximum atomic E-state index is 12.5. The molecule has 2 fully saturated rings. The third kappa shape index (κ3) is 3.08. The van der Waals surface area contributed by atoms with Gasteiger partial charge >= 0.3 is 6.36 Å². The summed E-state index contributed by atoms with van der Waals surface area (Å²) in [4.78, 5) is 0. The summed E-state index contributed by atoms with van der Waals surface area (Å²) in [6.07, 6.45) is 2.27. The minimum atomic E-state index is -4.67. The summed E-state index contributed by atoms with van der Waals surface area (Å²) in [6.45, 7) is 0.669. The van der Waals surface area contributed by atoms with Crippen molar-refractivity contribution in [2.75, 3.05) is 11.9 Å². The standard InChI is InChI=1S/C18H22F3NO2/c19-18(20,21)24-12-7-8-15-14(10-12)17-13(6-3-9-23-17)16(22-15)11-4-1-2-5-11/h7-8,10-11,13,16-17,22H,1-6,9H2/t13-,16+,17-/m0/s1. The molecule has 0 spiro atoms. The van der Waals surface area contributed by atoms with Crippen molar-refractivity contribution in [1.82, 2.24) is 0 Å². The zero-order chi connectivity index (χ0) is 16.7. The van der Waals surface area contributed by atoms with Crippen LogP contribution in [0.25, 0.3) is 0 Å². The van der Waals surface area contributed by atoms with Crippen molar-refractivity contribution in [3.8, 4) is 5.75 Å². The Morgan fingerprint density at radius 3 is 2.62 bits per heavy atom. The number of alkyl halides is 3. The van der Waals surface area contributed by atoms with Crippen LogP contribution in [0.4, 0.5) is 18.9 Å². The molecule has 4 rings (SSSR count). The first-order valence-corrected chi connectivity index (χ1v) is 8.79. The summed E-state index contributed by atoms with van der Waals surface area (Å²) in [7, 11) is 0. The Labute approximate surface area is 139 Å². The Bertz CT molecular complexity index is 598. The summed E-state index contributed by atoms with van der Waals surface area (Å²) in [6, 6.07) is 4.93. The lowest BCUT2D eigenvalue weighted by atomic mass is 9.75. The number of hydrogen-bond donors (Lipinski definition) is 1. The van der Waals surface area contributed by atoms with E-state index in [4.69, 9.17) is 4.74 Å². The summed E-state index contributed by atoms with van der Waals surface area (Å²) in [5.41, 5.74) is 1.69. The quantitative estimate of drug-likeness (QED) is 0.818. The van der Waals surface area contributed by atoms with E-state index >= 15 is 0 Å². The van der Waals surface area contributed by atoms with Gasteiger partial charge in [0.25, 0.3) is 0 Å². The highest BCUT2D eigenvalue weighted by molar-refractivity contribution is 5.58. The summed E-state index contributed by atoms with van der Waals surface area (Å²) in [5.74, 6) is 0.796. The van der Waals surface area contributed by atoms with Gasteiger partial charge in [-0.2, -0.15) is 0 Å². The van der Waals surface area contributed by atoms with E-state index in [0.29, 0.717) is 24.5 Å². The number of anilines is 1. The number of benzene rings is 1. The highest BCUT2D eigenvalue weighted by Gasteiger charge is 2.43. The molecule has 2 aliphatic heterocycles. The van der Waals surface area contributed by atoms with Gasteiger partial charge in [-0.25, -0.2) is 0 Å². The van der Waals surface area contributed by atoms with Gasteiger partial charge in [0.15, 0.2) is 0 Å². The fourth-order valence-corrected chi connectivity index (χ4v) is 4.67. The second kappa shape index (κ2) is 6.14. The molecule has 132 valence electrons. The monoisotopic (exact) mass is 341 g/mol. The SMILES string of the molecule is FC(F)(F)Oc1ccc2c(c1)[C@H]1OCCC[C@H]1[C@@H](C1CCCC1)N2. The van der Waals surface area contributed by atoms with Gasteiger partial charge in [-0.1, -0.05) is 12.8 Å². The summed E-state index contributed by atoms with van der Waals surface area (Å²) >= 11 is 0. The van der Waals surface area contributed by atoms with Gasteiger partial charge in [-0.3, -0.25) is 0 Å². The van der Waals surface area contributed by atoms with Crippen molar-refractivity contribution >= 4 is 5.69 Å². The van der Waals surface area contributed by atoms with Crippen LogP contribution in [0.1, 0.15) is 50.2 Å². The number of rotatable bonds is 2. The Morgan fingerprint density at radius 1 is 1.08 bits per heavy atom. The Morgan fingerprint density at radius 2 is 1.88 bits per heavy atom. The molecule has 0 unspecified atom stereocenters. The van der Waals surface area contributed by atoms with Crippen LogP contribution in [0.15, 0.2) is 18.2 Å². The van der Waals surface area contributed by atoms with E-state index in [9.17, 15) is 13.2 Å². The number of fused-ring (bicyclic) bond motifs is 3. The lowest BCUT2D eigenvalue weighted by Crippen LogP contribution is -2.45. The molecule has 3 atom stereocenters. The van der Waals surface area contributed by atoms with Gasteiger partial charge in [0.05, 0.1) is 6.10 Å². The molecular formula is C18H22F3NO2. The van der Waals surface area contributed by atoms with Crippen molar-refractivity contribution in [3.05, 3.63) is 23.8 Å². The Balaban J connectivity index is 1.65. The first-order valence-electron chi connectivity index (χ1n) is 8.79. The van der Waals surface area contributed by atoms with Gasteiger partial charge in [-0.05, 0) is 49.8 Å². The lowest BCUT2D eigenvalue weighted by Gasteiger charge is -2.45. The van der Waals surface area contributed by atoms with Crippen molar-refractivity contribution in [2.45, 2.75) is 57.0 Å². The molecular weight excluding hydrogens is 319 g/mol. The highest BCUT2D eigenvalue weighted by Crippen LogP contribution is 2.49. The zero-order valence-corrected chi connectivity index (χ0v) is 13.4. The Hall–Kier alpha value is -1.43. The van der Waals surface area contributed by atoms with Gasteiger partial charge in [0.1, 0.15) is 5.75 Å². The van der Waals surface area contributed by atoms with Crippen molar-refractivity contribution < 1.29 is 22.6 Å². The Kier molecular flexibility index (Phi) is 4.11. The van der Waals surface area contributed by atoms with Crippen LogP contribution < -0.4 is 10.1 Å². The normalized spacial score (nSPS) is 30.4. The topological polar surface area (TPSA) is 30.5 Å². The van der Waals surface area contributed by atoms with Crippen LogP contribution in [0.5, 0.6) is 5.75 Å². The minimum Gasteiger partial charge on any atom is -0.406 e. The van der Waals surface area contributed by atoms with Gasteiger partial charge in [0.2, 0.25) is 0 Å². The molecule has 24 heavy (non-hydrogen) atoms. The summed E-state index contributed by atoms with van der Waals surface area (Å²) in [5, 5.41) is 3.61. The van der Waals surface area contributed by atoms with E-state index in [1.54, 1.807) is 6.07 Å². The second-order valence-corrected chi connectivity index (χ2v) is 7.11. The van der Waals surface area contributed by atoms with E-state index in [2.05, 4.69) is 10.1 Å². The zero-order valence-electron chi connectivity index (χ0n) is 13.4. The first-order chi connectivity index (χ1) is 11.5. The molecule has 0 bridgehead atoms. The number of nitrogens with one attached hydrogen (secondary N) is 1. The molecule has 3 nitrogen and oxygen atoms in total. The fourth-order valence-electron chi connectivity index (χ4n) is 4.67. The van der Waals surface area contributed by atoms with Crippen LogP contribution in [-0.4, -0.2) is 19.0 Å². The molecule has 1 N–H and O–H groups in total. The van der Waals surface area contributed by atoms with Crippen molar-refractivity contribution in [2.24, 2.45) is 11.8 Å². The van der Waals surface area contributed by atoms with Crippen LogP contribution in [0.3, 0.4) is 0 Å². The van der Waals surface area contributed by atoms with Crippen LogP contribution in [-0.2, 0) is 4.74 Å². The molecule has 3 aliphatic rings. The maximum absolute atomic E-state index is 12.5. The maximum Gasteiger partial charge on any atom is 0.573 e. The summed E-state index contributed by atoms with van der Waals surface area (Å²) < 4.78 is 47.6. The van der Waals surface area contributed by atoms with Crippen molar-refractivity contribution in [3.63, 3.8) is 0 Å². The van der Waals surface area contributed by atoms with Gasteiger partial charge in [0, 0.05) is 29.8 Å². The van der Waals surface area contributed by atoms with Crippen molar-refractivity contribution in [1.29, 1.82) is 0 Å². The van der Waals surface area contributed by atoms with E-state index in [1.807, 2.05) is 0 Å². The van der Waals surface area contributed by atoms with E-state index in [1.165, 1.54) is 37.8 Å². The number of halogens is 3. The molecule has 1 saturated heterocycles. The molecule has 0 amide bonds. The minimum absolute atomic E-state index is 0.127. The highest BCUT2D eigenvalue weighted by atomic mass is 19.4. The largest absolute Gasteiger partial charge is 0.573 e. The van der Waals surface area contributed by atoms with E-state index in [-0.39, 0.29) is 11.9 Å². The average Bonchev–Trinajstić information content (AvgIpc) is 3.07. The number of ether oxygens (including phenoxy) is 2. The third-order valence-electron chi connectivity index (χ3n) is 5.62. The predicted molar refractivity (Wildman–Crippen MR) is 83.9 cm³/mol. The average molecular weight is 341 g/mol. The molecule has 1 aromatic carbocycles. The molecule has 0 radical (unpaired) electrons. The molecule has 1 aliphatic carbocycles. The molecule has 6 heteroatoms. The van der Waals surface area contributed by atoms with Gasteiger partial charge < -0.3 is 14.8 Å². The third-order valence-corrected chi connectivity index (χ3v) is 5.62. The molecule has 1 aromatic rings. The van der Waals surface area contributed by atoms with Crippen LogP contribution >= 0.6 is 0 Å². The first kappa shape index (κ1) is 16.1. The smallest absolute Gasteiger partial charge is 0.406 e. The molecule has 1 saturated carbocycles. The second-order valence-electron chi connectivity index (χ2n) is 7.11. The van der Waals surface area contributed by atoms with Gasteiger partial charge in [-0.15, -0.1) is 13.2 Å².